The number of carbonyl (C=O) groups is 1. The number of aryl methyl sites for hydroxylation is 1. The zero-order valence-corrected chi connectivity index (χ0v) is 15.8. The molecule has 146 valence electrons. The minimum absolute atomic E-state index is 0.0254. The molecule has 1 aliphatic rings. The van der Waals surface area contributed by atoms with E-state index in [1.165, 1.54) is 10.7 Å². The van der Waals surface area contributed by atoms with Gasteiger partial charge in [0.15, 0.2) is 0 Å². The maximum Gasteiger partial charge on any atom is 0.266 e. The number of nitrogens with one attached hydrogen (secondary N) is 1. The number of aromatic nitrogens is 4. The van der Waals surface area contributed by atoms with Crippen molar-refractivity contribution < 1.29 is 9.53 Å². The Kier molecular flexibility index (Phi) is 6.23. The second kappa shape index (κ2) is 8.81. The van der Waals surface area contributed by atoms with Crippen molar-refractivity contribution in [3.8, 4) is 0 Å². The van der Waals surface area contributed by atoms with Crippen molar-refractivity contribution in [3.05, 3.63) is 40.4 Å². The van der Waals surface area contributed by atoms with Crippen LogP contribution in [0.5, 0.6) is 0 Å². The average molecular weight is 374 g/mol. The Morgan fingerprint density at radius 3 is 3.00 bits per heavy atom. The SMILES string of the molecule is CCn1cc(C(=O)NC2CCCN(c3ccc(=O)n(CCOC)n3)C2)cn1. The predicted molar refractivity (Wildman–Crippen MR) is 101 cm³/mol. The fraction of sp³-hybridized carbons (Fsp3) is 0.556. The van der Waals surface area contributed by atoms with Crippen LogP contribution in [0.1, 0.15) is 30.1 Å². The molecule has 0 aliphatic carbocycles. The number of nitrogens with zero attached hydrogens (tertiary/aromatic N) is 5. The first-order valence-electron chi connectivity index (χ1n) is 9.26. The lowest BCUT2D eigenvalue weighted by Crippen LogP contribution is -2.48. The Labute approximate surface area is 157 Å². The summed E-state index contributed by atoms with van der Waals surface area (Å²) in [4.78, 5) is 26.5. The second-order valence-corrected chi connectivity index (χ2v) is 6.59. The molecule has 0 bridgehead atoms. The smallest absolute Gasteiger partial charge is 0.266 e. The van der Waals surface area contributed by atoms with Gasteiger partial charge in [-0.1, -0.05) is 0 Å². The highest BCUT2D eigenvalue weighted by Gasteiger charge is 2.23. The van der Waals surface area contributed by atoms with E-state index in [0.717, 1.165) is 31.7 Å². The van der Waals surface area contributed by atoms with Gasteiger partial charge in [0.2, 0.25) is 0 Å². The molecule has 2 aromatic rings. The second-order valence-electron chi connectivity index (χ2n) is 6.59. The number of anilines is 1. The maximum absolute atomic E-state index is 12.4. The highest BCUT2D eigenvalue weighted by molar-refractivity contribution is 5.93. The molecule has 1 saturated heterocycles. The minimum Gasteiger partial charge on any atom is -0.383 e. The molecule has 3 rings (SSSR count). The average Bonchev–Trinajstić information content (AvgIpc) is 3.17. The molecule has 1 aliphatic heterocycles. The molecular formula is C18H26N6O3. The van der Waals surface area contributed by atoms with Crippen molar-refractivity contribution in [2.45, 2.75) is 38.9 Å². The van der Waals surface area contributed by atoms with Crippen molar-refractivity contribution in [2.75, 3.05) is 31.7 Å². The Hall–Kier alpha value is -2.68. The van der Waals surface area contributed by atoms with E-state index >= 15 is 0 Å². The molecule has 1 atom stereocenters. The van der Waals surface area contributed by atoms with E-state index in [2.05, 4.69) is 20.4 Å². The van der Waals surface area contributed by atoms with Crippen molar-refractivity contribution in [3.63, 3.8) is 0 Å². The lowest BCUT2D eigenvalue weighted by Gasteiger charge is -2.33. The third kappa shape index (κ3) is 4.73. The van der Waals surface area contributed by atoms with Crippen LogP contribution in [-0.4, -0.2) is 58.3 Å². The molecule has 2 aromatic heterocycles. The summed E-state index contributed by atoms with van der Waals surface area (Å²) in [5.41, 5.74) is 0.422. The largest absolute Gasteiger partial charge is 0.383 e. The molecule has 1 fully saturated rings. The van der Waals surface area contributed by atoms with Crippen LogP contribution in [-0.2, 0) is 17.8 Å². The minimum atomic E-state index is -0.148. The van der Waals surface area contributed by atoms with Crippen molar-refractivity contribution >= 4 is 11.7 Å². The third-order valence-corrected chi connectivity index (χ3v) is 4.66. The topological polar surface area (TPSA) is 94.3 Å². The van der Waals surface area contributed by atoms with Gasteiger partial charge in [-0.3, -0.25) is 14.3 Å². The summed E-state index contributed by atoms with van der Waals surface area (Å²) >= 11 is 0. The molecule has 9 nitrogen and oxygen atoms in total. The summed E-state index contributed by atoms with van der Waals surface area (Å²) in [6, 6.07) is 3.29. The molecule has 0 spiro atoms. The maximum atomic E-state index is 12.4. The molecule has 1 unspecified atom stereocenters. The summed E-state index contributed by atoms with van der Waals surface area (Å²) in [6.45, 7) is 5.06. The normalized spacial score (nSPS) is 17.1. The number of rotatable bonds is 7. The molecular weight excluding hydrogens is 348 g/mol. The highest BCUT2D eigenvalue weighted by Crippen LogP contribution is 2.17. The zero-order valence-electron chi connectivity index (χ0n) is 15.8. The van der Waals surface area contributed by atoms with Crippen LogP contribution in [0.25, 0.3) is 0 Å². The quantitative estimate of drug-likeness (QED) is 0.759. The van der Waals surface area contributed by atoms with Crippen LogP contribution in [0.4, 0.5) is 5.82 Å². The molecule has 1 amide bonds. The van der Waals surface area contributed by atoms with Gasteiger partial charge in [0.05, 0.1) is 24.9 Å². The van der Waals surface area contributed by atoms with Crippen LogP contribution in [0.2, 0.25) is 0 Å². The van der Waals surface area contributed by atoms with Gasteiger partial charge in [0.25, 0.3) is 11.5 Å². The van der Waals surface area contributed by atoms with Gasteiger partial charge < -0.3 is 15.0 Å². The molecule has 3 heterocycles. The Balaban J connectivity index is 1.65. The molecule has 9 heteroatoms. The first-order valence-corrected chi connectivity index (χ1v) is 9.26. The van der Waals surface area contributed by atoms with E-state index in [-0.39, 0.29) is 17.5 Å². The number of hydrogen-bond acceptors (Lipinski definition) is 6. The van der Waals surface area contributed by atoms with Gasteiger partial charge in [0, 0.05) is 45.0 Å². The standard InChI is InChI=1S/C18H26N6O3/c1-3-23-12-14(11-19-23)18(26)20-15-5-4-8-22(13-15)16-6-7-17(25)24(21-16)9-10-27-2/h6-7,11-12,15H,3-5,8-10,13H2,1-2H3,(H,20,26). The number of carbonyl (C=O) groups excluding carboxylic acids is 1. The fourth-order valence-electron chi connectivity index (χ4n) is 3.17. The predicted octanol–water partition coefficient (Wildman–Crippen LogP) is 0.505. The van der Waals surface area contributed by atoms with Crippen molar-refractivity contribution in [1.82, 2.24) is 24.9 Å². The number of piperidine rings is 1. The van der Waals surface area contributed by atoms with Crippen LogP contribution >= 0.6 is 0 Å². The summed E-state index contributed by atoms with van der Waals surface area (Å²) in [5, 5.41) is 11.7. The number of ether oxygens (including phenoxy) is 1. The zero-order chi connectivity index (χ0) is 19.2. The van der Waals surface area contributed by atoms with Crippen LogP contribution < -0.4 is 15.8 Å². The van der Waals surface area contributed by atoms with E-state index in [9.17, 15) is 9.59 Å². The summed E-state index contributed by atoms with van der Waals surface area (Å²) in [7, 11) is 1.59. The Bertz CT molecular complexity index is 830. The van der Waals surface area contributed by atoms with Crippen LogP contribution in [0.3, 0.4) is 0 Å². The first-order chi connectivity index (χ1) is 13.1. The Morgan fingerprint density at radius 1 is 1.41 bits per heavy atom. The van der Waals surface area contributed by atoms with E-state index < -0.39 is 0 Å². The van der Waals surface area contributed by atoms with Gasteiger partial charge in [-0.2, -0.15) is 10.2 Å². The summed E-state index contributed by atoms with van der Waals surface area (Å²) in [6.07, 6.45) is 5.20. The lowest BCUT2D eigenvalue weighted by atomic mass is 10.1. The summed E-state index contributed by atoms with van der Waals surface area (Å²) < 4.78 is 8.18. The van der Waals surface area contributed by atoms with Gasteiger partial charge in [0.1, 0.15) is 5.82 Å². The molecule has 27 heavy (non-hydrogen) atoms. The lowest BCUT2D eigenvalue weighted by molar-refractivity contribution is 0.0933. The van der Waals surface area contributed by atoms with E-state index in [1.54, 1.807) is 30.3 Å². The molecule has 0 aromatic carbocycles. The molecule has 0 radical (unpaired) electrons. The van der Waals surface area contributed by atoms with Gasteiger partial charge >= 0.3 is 0 Å². The van der Waals surface area contributed by atoms with Gasteiger partial charge in [-0.15, -0.1) is 0 Å². The number of hydrogen-bond donors (Lipinski definition) is 1. The number of amides is 1. The van der Waals surface area contributed by atoms with Gasteiger partial charge in [-0.25, -0.2) is 4.68 Å². The monoisotopic (exact) mass is 374 g/mol. The van der Waals surface area contributed by atoms with E-state index in [1.807, 2.05) is 6.92 Å². The number of methoxy groups -OCH3 is 1. The first kappa shape index (κ1) is 19.1. The molecule has 1 N–H and O–H groups in total. The van der Waals surface area contributed by atoms with Crippen molar-refractivity contribution in [2.24, 2.45) is 0 Å². The Morgan fingerprint density at radius 2 is 2.26 bits per heavy atom. The molecule has 0 saturated carbocycles. The fourth-order valence-corrected chi connectivity index (χ4v) is 3.17. The highest BCUT2D eigenvalue weighted by atomic mass is 16.5. The van der Waals surface area contributed by atoms with E-state index in [0.29, 0.717) is 25.3 Å². The van der Waals surface area contributed by atoms with Gasteiger partial charge in [-0.05, 0) is 25.8 Å². The van der Waals surface area contributed by atoms with E-state index in [4.69, 9.17) is 4.74 Å². The third-order valence-electron chi connectivity index (χ3n) is 4.66. The van der Waals surface area contributed by atoms with Crippen molar-refractivity contribution in [1.29, 1.82) is 0 Å². The summed E-state index contributed by atoms with van der Waals surface area (Å²) in [5.74, 6) is 0.628. The van der Waals surface area contributed by atoms with Crippen LogP contribution in [0, 0.1) is 0 Å². The van der Waals surface area contributed by atoms with Crippen LogP contribution in [0.15, 0.2) is 29.3 Å².